The van der Waals surface area contributed by atoms with Gasteiger partial charge >= 0.3 is 0 Å². The molecule has 1 saturated carbocycles. The molecule has 8 nitrogen and oxygen atoms in total. The maximum absolute atomic E-state index is 13.4. The number of aromatic amines is 1. The van der Waals surface area contributed by atoms with Crippen LogP contribution < -0.4 is 10.1 Å². The Balaban J connectivity index is 0.00000231. The van der Waals surface area contributed by atoms with Crippen molar-refractivity contribution in [2.24, 2.45) is 5.92 Å². The van der Waals surface area contributed by atoms with Gasteiger partial charge in [0.05, 0.1) is 28.7 Å². The van der Waals surface area contributed by atoms with E-state index in [0.717, 1.165) is 41.0 Å². The number of pyridine rings is 1. The van der Waals surface area contributed by atoms with Crippen LogP contribution in [0.25, 0.3) is 10.9 Å². The third-order valence-corrected chi connectivity index (χ3v) is 9.37. The van der Waals surface area contributed by atoms with Gasteiger partial charge in [-0.1, -0.05) is 18.2 Å². The number of halogens is 1. The van der Waals surface area contributed by atoms with E-state index < -0.39 is 23.2 Å². The molecule has 37 heavy (non-hydrogen) atoms. The van der Waals surface area contributed by atoms with E-state index in [-0.39, 0.29) is 30.1 Å². The monoisotopic (exact) mass is 520 g/mol. The van der Waals surface area contributed by atoms with Crippen molar-refractivity contribution in [3.8, 4) is 11.5 Å². The van der Waals surface area contributed by atoms with Gasteiger partial charge in [-0.2, -0.15) is 0 Å². The molecule has 2 bridgehead atoms. The minimum absolute atomic E-state index is 0. The van der Waals surface area contributed by atoms with Crippen LogP contribution >= 0.6 is 12.4 Å². The number of fused-ring (bicyclic) bond motifs is 1. The van der Waals surface area contributed by atoms with E-state index >= 15 is 0 Å². The Morgan fingerprint density at radius 1 is 1.30 bits per heavy atom. The van der Waals surface area contributed by atoms with Gasteiger partial charge < -0.3 is 25.3 Å². The number of benzene rings is 1. The molecule has 1 aromatic carbocycles. The summed E-state index contributed by atoms with van der Waals surface area (Å²) in [6.45, 7) is 1.88. The minimum atomic E-state index is -1.13. The van der Waals surface area contributed by atoms with Crippen LogP contribution in [-0.2, 0) is 11.8 Å². The van der Waals surface area contributed by atoms with Gasteiger partial charge in [-0.3, -0.25) is 14.7 Å². The van der Waals surface area contributed by atoms with Crippen LogP contribution in [-0.4, -0.2) is 67.9 Å². The largest absolute Gasteiger partial charge is 0.504 e. The number of aromatic hydroxyl groups is 1. The second-order valence-corrected chi connectivity index (χ2v) is 11.2. The van der Waals surface area contributed by atoms with Crippen molar-refractivity contribution in [1.29, 1.82) is 0 Å². The Morgan fingerprint density at radius 2 is 2.16 bits per heavy atom. The van der Waals surface area contributed by atoms with E-state index in [1.807, 2.05) is 24.3 Å². The number of carbonyl (C=O) groups is 1. The Hall–Kier alpha value is -3.07. The first-order valence-corrected chi connectivity index (χ1v) is 12.9. The lowest BCUT2D eigenvalue weighted by Gasteiger charge is -2.62. The van der Waals surface area contributed by atoms with Crippen molar-refractivity contribution in [3.05, 3.63) is 65.6 Å². The normalized spacial score (nSPS) is 32.9. The molecule has 2 fully saturated rings. The highest BCUT2D eigenvalue weighted by Gasteiger charge is 2.72. The molecule has 9 heteroatoms. The molecule has 5 aliphatic rings. The van der Waals surface area contributed by atoms with Crippen molar-refractivity contribution in [2.75, 3.05) is 13.1 Å². The second-order valence-electron chi connectivity index (χ2n) is 11.2. The number of likely N-dealkylation sites (tertiary alicyclic amines) is 1. The lowest BCUT2D eigenvalue weighted by Crippen LogP contribution is -2.76. The van der Waals surface area contributed by atoms with Crippen LogP contribution in [0.2, 0.25) is 0 Å². The molecule has 3 aliphatic carbocycles. The minimum Gasteiger partial charge on any atom is -0.504 e. The predicted molar refractivity (Wildman–Crippen MR) is 139 cm³/mol. The number of ether oxygens (including phenoxy) is 1. The number of piperidine rings is 1. The van der Waals surface area contributed by atoms with E-state index in [2.05, 4.69) is 20.2 Å². The van der Waals surface area contributed by atoms with Gasteiger partial charge in [-0.05, 0) is 55.8 Å². The highest BCUT2D eigenvalue weighted by atomic mass is 35.5. The quantitative estimate of drug-likeness (QED) is 0.394. The summed E-state index contributed by atoms with van der Waals surface area (Å²) in [5, 5.41) is 27.2. The molecule has 1 amide bonds. The smallest absolute Gasteiger partial charge is 0.254 e. The van der Waals surface area contributed by atoms with Crippen LogP contribution in [0.3, 0.4) is 0 Å². The van der Waals surface area contributed by atoms with Crippen LogP contribution in [0, 0.1) is 5.92 Å². The van der Waals surface area contributed by atoms with Gasteiger partial charge in [0.25, 0.3) is 5.91 Å². The number of H-pyrrole nitrogens is 1. The standard InChI is InChI=1S/C28H28N4O4.ClH/c33-21-4-3-16-11-22-28(35)7-5-19(31-26(34)18-12-30-20-13-29-9-6-17(18)20)25-27(28,23(16)24(21)36-25)8-10-32(22)14-15-1-2-15;/h3-7,9,12-13,15,19,22,25,30,33,35H,1-2,8,10-11,14H2,(H,31,34);1H/t19-,22+,25-,27-,28+;/m0./s1. The predicted octanol–water partition coefficient (Wildman–Crippen LogP) is 2.83. The van der Waals surface area contributed by atoms with E-state index in [4.69, 9.17) is 4.74 Å². The van der Waals surface area contributed by atoms with Crippen molar-refractivity contribution < 1.29 is 19.7 Å². The molecular weight excluding hydrogens is 492 g/mol. The van der Waals surface area contributed by atoms with Crippen molar-refractivity contribution in [3.63, 3.8) is 0 Å². The molecule has 3 aromatic rings. The molecule has 4 heterocycles. The number of rotatable bonds is 4. The number of nitrogens with one attached hydrogen (secondary N) is 2. The zero-order chi connectivity index (χ0) is 24.2. The number of hydrogen-bond acceptors (Lipinski definition) is 6. The summed E-state index contributed by atoms with van der Waals surface area (Å²) < 4.78 is 6.51. The zero-order valence-corrected chi connectivity index (χ0v) is 21.0. The van der Waals surface area contributed by atoms with E-state index in [1.165, 1.54) is 12.8 Å². The molecule has 5 atom stereocenters. The van der Waals surface area contributed by atoms with Gasteiger partial charge in [0.15, 0.2) is 11.5 Å². The average Bonchev–Trinajstić information content (AvgIpc) is 3.46. The molecule has 8 rings (SSSR count). The second kappa shape index (κ2) is 7.72. The topological polar surface area (TPSA) is 111 Å². The summed E-state index contributed by atoms with van der Waals surface area (Å²) in [5.74, 6) is 1.06. The van der Waals surface area contributed by atoms with Crippen LogP contribution in [0.1, 0.15) is 40.7 Å². The lowest BCUT2D eigenvalue weighted by molar-refractivity contribution is -0.144. The number of carbonyl (C=O) groups excluding carboxylic acids is 1. The number of aliphatic hydroxyl groups is 1. The maximum Gasteiger partial charge on any atom is 0.254 e. The summed E-state index contributed by atoms with van der Waals surface area (Å²) in [6.07, 6.45) is 12.3. The molecule has 1 saturated heterocycles. The van der Waals surface area contributed by atoms with Crippen molar-refractivity contribution in [1.82, 2.24) is 20.2 Å². The number of hydrogen-bond donors (Lipinski definition) is 4. The van der Waals surface area contributed by atoms with Crippen molar-refractivity contribution in [2.45, 2.75) is 54.9 Å². The SMILES string of the molecule is Cl.O=C(N[C@H]1C=C[C@@]2(O)[C@H]3Cc4ccc(O)c5c4[C@@]2(CCN3CC2CC2)[C@H]1O5)c1c[nH]c2cnccc12. The molecule has 2 aliphatic heterocycles. The summed E-state index contributed by atoms with van der Waals surface area (Å²) in [5.41, 5.74) is 1.54. The molecule has 0 radical (unpaired) electrons. The van der Waals surface area contributed by atoms with Gasteiger partial charge in [0.1, 0.15) is 11.7 Å². The first-order valence-electron chi connectivity index (χ1n) is 12.9. The van der Waals surface area contributed by atoms with Gasteiger partial charge in [-0.15, -0.1) is 12.4 Å². The third kappa shape index (κ3) is 2.92. The Kier molecular flexibility index (Phi) is 4.82. The van der Waals surface area contributed by atoms with Crippen LogP contribution in [0.4, 0.5) is 0 Å². The molecule has 1 spiro atoms. The summed E-state index contributed by atoms with van der Waals surface area (Å²) in [6, 6.07) is 4.99. The molecule has 192 valence electrons. The highest BCUT2D eigenvalue weighted by molar-refractivity contribution is 6.06. The number of aromatic nitrogens is 2. The first-order chi connectivity index (χ1) is 17.5. The Bertz CT molecular complexity index is 1470. The van der Waals surface area contributed by atoms with Gasteiger partial charge in [0, 0.05) is 35.9 Å². The average molecular weight is 521 g/mol. The van der Waals surface area contributed by atoms with Crippen molar-refractivity contribution >= 4 is 29.2 Å². The number of phenolic OH excluding ortho intramolecular Hbond substituents is 1. The fraction of sp³-hybridized carbons (Fsp3) is 0.429. The molecule has 2 aromatic heterocycles. The van der Waals surface area contributed by atoms with Crippen LogP contribution in [0.15, 0.2) is 48.9 Å². The van der Waals surface area contributed by atoms with E-state index in [9.17, 15) is 15.0 Å². The highest BCUT2D eigenvalue weighted by Crippen LogP contribution is 2.64. The summed E-state index contributed by atoms with van der Waals surface area (Å²) >= 11 is 0. The summed E-state index contributed by atoms with van der Waals surface area (Å²) in [7, 11) is 0. The van der Waals surface area contributed by atoms with E-state index in [0.29, 0.717) is 24.2 Å². The third-order valence-electron chi connectivity index (χ3n) is 9.37. The van der Waals surface area contributed by atoms with E-state index in [1.54, 1.807) is 24.7 Å². The fourth-order valence-corrected chi connectivity index (χ4v) is 7.56. The summed E-state index contributed by atoms with van der Waals surface area (Å²) in [4.78, 5) is 23.1. The molecule has 0 unspecified atom stereocenters. The van der Waals surface area contributed by atoms with Crippen LogP contribution in [0.5, 0.6) is 11.5 Å². The number of nitrogens with zero attached hydrogens (tertiary/aromatic N) is 2. The Morgan fingerprint density at radius 3 is 3.00 bits per heavy atom. The van der Waals surface area contributed by atoms with Gasteiger partial charge in [0.2, 0.25) is 0 Å². The first kappa shape index (κ1) is 23.1. The number of phenols is 1. The molecular formula is C28H29ClN4O4. The van der Waals surface area contributed by atoms with Gasteiger partial charge in [-0.25, -0.2) is 0 Å². The lowest BCUT2D eigenvalue weighted by atomic mass is 9.50. The maximum atomic E-state index is 13.4. The zero-order valence-electron chi connectivity index (χ0n) is 20.2. The fourth-order valence-electron chi connectivity index (χ4n) is 7.56. The Labute approximate surface area is 220 Å². The number of amides is 1. The molecule has 4 N–H and O–H groups in total.